The Morgan fingerprint density at radius 1 is 0.731 bits per heavy atom. The summed E-state index contributed by atoms with van der Waals surface area (Å²) in [4.78, 5) is 2.48. The van der Waals surface area contributed by atoms with Crippen LogP contribution in [0.2, 0.25) is 0 Å². The smallest absolute Gasteiger partial charge is 0.125 e. The molecule has 2 aromatic rings. The Labute approximate surface area is 156 Å². The molecule has 0 unspecified atom stereocenters. The molecule has 1 aliphatic rings. The molecule has 0 N–H and O–H groups in total. The second-order valence-electron chi connectivity index (χ2n) is 6.64. The van der Waals surface area contributed by atoms with Crippen molar-refractivity contribution in [1.82, 2.24) is 4.90 Å². The van der Waals surface area contributed by atoms with Crippen LogP contribution in [-0.2, 0) is 4.74 Å². The average molecular weight is 355 g/mol. The highest BCUT2D eigenvalue weighted by Gasteiger charge is 2.14. The normalized spacial score (nSPS) is 15.1. The van der Waals surface area contributed by atoms with E-state index in [1.165, 1.54) is 32.4 Å². The third-order valence-electron chi connectivity index (χ3n) is 4.57. The number of hydrogen-bond acceptors (Lipinski definition) is 4. The lowest BCUT2D eigenvalue weighted by Crippen LogP contribution is -2.36. The molecule has 3 rings (SSSR count). The molecule has 0 bridgehead atoms. The van der Waals surface area contributed by atoms with Crippen LogP contribution in [0.15, 0.2) is 60.7 Å². The lowest BCUT2D eigenvalue weighted by molar-refractivity contribution is -0.0164. The zero-order valence-corrected chi connectivity index (χ0v) is 15.4. The van der Waals surface area contributed by atoms with E-state index in [-0.39, 0.29) is 6.10 Å². The van der Waals surface area contributed by atoms with Gasteiger partial charge in [-0.1, -0.05) is 42.8 Å². The number of hydrogen-bond donors (Lipinski definition) is 0. The van der Waals surface area contributed by atoms with Crippen molar-refractivity contribution >= 4 is 0 Å². The van der Waals surface area contributed by atoms with E-state index in [9.17, 15) is 0 Å². The van der Waals surface area contributed by atoms with Crippen LogP contribution in [0.4, 0.5) is 0 Å². The molecular formula is C22H29NO3. The van der Waals surface area contributed by atoms with E-state index in [0.717, 1.165) is 18.0 Å². The van der Waals surface area contributed by atoms with Crippen LogP contribution in [0.5, 0.6) is 11.5 Å². The van der Waals surface area contributed by atoms with Gasteiger partial charge in [0.05, 0.1) is 6.61 Å². The van der Waals surface area contributed by atoms with Gasteiger partial charge in [0, 0.05) is 6.54 Å². The first kappa shape index (κ1) is 18.7. The van der Waals surface area contributed by atoms with Gasteiger partial charge in [0.25, 0.3) is 0 Å². The van der Waals surface area contributed by atoms with Gasteiger partial charge in [-0.2, -0.15) is 0 Å². The number of benzene rings is 2. The molecule has 1 heterocycles. The standard InChI is InChI=1S/C22H29NO3/c1-4-10-20(11-5-1)25-18-22(19-26-21-12-6-2-7-13-21)24-17-16-23-14-8-3-9-15-23/h1-2,4-7,10-13,22H,3,8-9,14-19H2. The quantitative estimate of drug-likeness (QED) is 0.644. The molecule has 140 valence electrons. The van der Waals surface area contributed by atoms with E-state index in [4.69, 9.17) is 14.2 Å². The summed E-state index contributed by atoms with van der Waals surface area (Å²) in [5, 5.41) is 0. The Morgan fingerprint density at radius 2 is 1.27 bits per heavy atom. The SMILES string of the molecule is c1ccc(OCC(COc2ccccc2)OCCN2CCCCC2)cc1. The van der Waals surface area contributed by atoms with Gasteiger partial charge in [-0.25, -0.2) is 0 Å². The number of ether oxygens (including phenoxy) is 3. The summed E-state index contributed by atoms with van der Waals surface area (Å²) in [6, 6.07) is 19.7. The van der Waals surface area contributed by atoms with Crippen molar-refractivity contribution in [2.75, 3.05) is 39.5 Å². The third-order valence-corrected chi connectivity index (χ3v) is 4.57. The Bertz CT molecular complexity index is 556. The van der Waals surface area contributed by atoms with Crippen molar-refractivity contribution in [3.8, 4) is 11.5 Å². The number of nitrogens with zero attached hydrogens (tertiary/aromatic N) is 1. The number of likely N-dealkylation sites (tertiary alicyclic amines) is 1. The molecule has 0 saturated carbocycles. The van der Waals surface area contributed by atoms with Crippen molar-refractivity contribution < 1.29 is 14.2 Å². The first-order valence-electron chi connectivity index (χ1n) is 9.60. The molecule has 4 nitrogen and oxygen atoms in total. The summed E-state index contributed by atoms with van der Waals surface area (Å²) in [6.07, 6.45) is 3.87. The van der Waals surface area contributed by atoms with Crippen LogP contribution < -0.4 is 9.47 Å². The van der Waals surface area contributed by atoms with Gasteiger partial charge in [0.1, 0.15) is 30.8 Å². The van der Waals surface area contributed by atoms with Crippen LogP contribution in [0.1, 0.15) is 19.3 Å². The maximum absolute atomic E-state index is 6.10. The highest BCUT2D eigenvalue weighted by Crippen LogP contribution is 2.13. The zero-order valence-electron chi connectivity index (χ0n) is 15.4. The van der Waals surface area contributed by atoms with Gasteiger partial charge < -0.3 is 19.1 Å². The second kappa shape index (κ2) is 10.8. The monoisotopic (exact) mass is 355 g/mol. The summed E-state index contributed by atoms with van der Waals surface area (Å²) in [5.41, 5.74) is 0. The van der Waals surface area contributed by atoms with E-state index >= 15 is 0 Å². The fourth-order valence-corrected chi connectivity index (χ4v) is 3.09. The van der Waals surface area contributed by atoms with E-state index in [2.05, 4.69) is 4.90 Å². The molecule has 1 aliphatic heterocycles. The minimum Gasteiger partial charge on any atom is -0.491 e. The maximum Gasteiger partial charge on any atom is 0.125 e. The topological polar surface area (TPSA) is 30.9 Å². The molecular weight excluding hydrogens is 326 g/mol. The van der Waals surface area contributed by atoms with E-state index in [1.54, 1.807) is 0 Å². The summed E-state index contributed by atoms with van der Waals surface area (Å²) in [6.45, 7) is 5.03. The molecule has 1 saturated heterocycles. The van der Waals surface area contributed by atoms with Gasteiger partial charge in [0.15, 0.2) is 0 Å². The van der Waals surface area contributed by atoms with Crippen molar-refractivity contribution in [2.45, 2.75) is 25.4 Å². The minimum absolute atomic E-state index is 0.0970. The van der Waals surface area contributed by atoms with Gasteiger partial charge in [-0.3, -0.25) is 0 Å². The highest BCUT2D eigenvalue weighted by atomic mass is 16.6. The molecule has 26 heavy (non-hydrogen) atoms. The van der Waals surface area contributed by atoms with Gasteiger partial charge in [-0.15, -0.1) is 0 Å². The van der Waals surface area contributed by atoms with Gasteiger partial charge >= 0.3 is 0 Å². The molecule has 0 spiro atoms. The molecule has 0 radical (unpaired) electrons. The molecule has 0 aliphatic carbocycles. The minimum atomic E-state index is -0.0970. The molecule has 0 atom stereocenters. The summed E-state index contributed by atoms with van der Waals surface area (Å²) >= 11 is 0. The Kier molecular flexibility index (Phi) is 7.81. The Hall–Kier alpha value is -2.04. The van der Waals surface area contributed by atoms with Gasteiger partial charge in [0.2, 0.25) is 0 Å². The van der Waals surface area contributed by atoms with E-state index in [0.29, 0.717) is 19.8 Å². The lowest BCUT2D eigenvalue weighted by Gasteiger charge is -2.27. The Balaban J connectivity index is 1.46. The van der Waals surface area contributed by atoms with E-state index < -0.39 is 0 Å². The Morgan fingerprint density at radius 3 is 1.81 bits per heavy atom. The predicted molar refractivity (Wildman–Crippen MR) is 104 cm³/mol. The zero-order chi connectivity index (χ0) is 17.9. The molecule has 2 aromatic carbocycles. The first-order chi connectivity index (χ1) is 12.9. The number of para-hydroxylation sites is 2. The summed E-state index contributed by atoms with van der Waals surface area (Å²) in [5.74, 6) is 1.72. The molecule has 0 amide bonds. The van der Waals surface area contributed by atoms with Crippen LogP contribution in [0.25, 0.3) is 0 Å². The summed E-state index contributed by atoms with van der Waals surface area (Å²) < 4.78 is 17.9. The molecule has 1 fully saturated rings. The number of rotatable bonds is 10. The summed E-state index contributed by atoms with van der Waals surface area (Å²) in [7, 11) is 0. The first-order valence-corrected chi connectivity index (χ1v) is 9.60. The van der Waals surface area contributed by atoms with Crippen molar-refractivity contribution in [2.24, 2.45) is 0 Å². The predicted octanol–water partition coefficient (Wildman–Crippen LogP) is 4.02. The fourth-order valence-electron chi connectivity index (χ4n) is 3.09. The molecule has 4 heteroatoms. The molecule has 0 aromatic heterocycles. The largest absolute Gasteiger partial charge is 0.491 e. The highest BCUT2D eigenvalue weighted by molar-refractivity contribution is 5.21. The second-order valence-corrected chi connectivity index (χ2v) is 6.64. The van der Waals surface area contributed by atoms with Crippen LogP contribution in [0.3, 0.4) is 0 Å². The number of piperidine rings is 1. The maximum atomic E-state index is 6.10. The third kappa shape index (κ3) is 6.70. The van der Waals surface area contributed by atoms with Crippen molar-refractivity contribution in [3.63, 3.8) is 0 Å². The van der Waals surface area contributed by atoms with Crippen LogP contribution >= 0.6 is 0 Å². The fraction of sp³-hybridized carbons (Fsp3) is 0.455. The van der Waals surface area contributed by atoms with Gasteiger partial charge in [-0.05, 0) is 50.2 Å². The van der Waals surface area contributed by atoms with Crippen LogP contribution in [0, 0.1) is 0 Å². The van der Waals surface area contributed by atoms with Crippen molar-refractivity contribution in [3.05, 3.63) is 60.7 Å². The van der Waals surface area contributed by atoms with Crippen LogP contribution in [-0.4, -0.2) is 50.5 Å². The average Bonchev–Trinajstić information content (AvgIpc) is 2.72. The van der Waals surface area contributed by atoms with E-state index in [1.807, 2.05) is 60.7 Å². The van der Waals surface area contributed by atoms with Crippen molar-refractivity contribution in [1.29, 1.82) is 0 Å². The lowest BCUT2D eigenvalue weighted by atomic mass is 10.1.